The van der Waals surface area contributed by atoms with Gasteiger partial charge in [-0.1, -0.05) is 18.2 Å². The lowest BCUT2D eigenvalue weighted by molar-refractivity contribution is -0.695. The van der Waals surface area contributed by atoms with Gasteiger partial charge in [0.2, 0.25) is 5.15 Å². The summed E-state index contributed by atoms with van der Waals surface area (Å²) in [6, 6.07) is 9.84. The largest absolute Gasteiger partial charge is 0.455 e. The van der Waals surface area contributed by atoms with Gasteiger partial charge in [0.1, 0.15) is 6.54 Å². The zero-order valence-corrected chi connectivity index (χ0v) is 9.98. The SMILES string of the molecule is N#Cc1ccccc1C[n+]1c(Cl)cc(=O)[nH]c1O. The molecule has 1 aromatic heterocycles. The Kier molecular flexibility index (Phi) is 3.31. The van der Waals surface area contributed by atoms with Crippen LogP contribution in [0.25, 0.3) is 0 Å². The van der Waals surface area contributed by atoms with Gasteiger partial charge in [-0.3, -0.25) is 0 Å². The van der Waals surface area contributed by atoms with Crippen LogP contribution in [0.1, 0.15) is 11.1 Å². The van der Waals surface area contributed by atoms with Crippen molar-refractivity contribution in [3.8, 4) is 12.1 Å². The molecule has 0 aliphatic carbocycles. The van der Waals surface area contributed by atoms with E-state index in [2.05, 4.69) is 11.1 Å². The Morgan fingerprint density at radius 1 is 1.44 bits per heavy atom. The van der Waals surface area contributed by atoms with Crippen LogP contribution >= 0.6 is 11.6 Å². The van der Waals surface area contributed by atoms with Gasteiger partial charge in [0, 0.05) is 5.56 Å². The summed E-state index contributed by atoms with van der Waals surface area (Å²) in [6.45, 7) is 0.200. The second-order valence-electron chi connectivity index (χ2n) is 3.64. The van der Waals surface area contributed by atoms with E-state index >= 15 is 0 Å². The predicted molar refractivity (Wildman–Crippen MR) is 64.2 cm³/mol. The van der Waals surface area contributed by atoms with Gasteiger partial charge in [0.25, 0.3) is 0 Å². The third kappa shape index (κ3) is 2.34. The minimum absolute atomic E-state index is 0.101. The van der Waals surface area contributed by atoms with Gasteiger partial charge >= 0.3 is 11.6 Å². The Balaban J connectivity index is 2.47. The number of rotatable bonds is 2. The number of nitrogens with one attached hydrogen (secondary N) is 1. The topological polar surface area (TPSA) is 80.8 Å². The molecule has 0 saturated heterocycles. The van der Waals surface area contributed by atoms with E-state index in [1.54, 1.807) is 24.3 Å². The maximum atomic E-state index is 11.1. The van der Waals surface area contributed by atoms with Gasteiger partial charge < -0.3 is 5.11 Å². The minimum Gasteiger partial charge on any atom is -0.446 e. The zero-order valence-electron chi connectivity index (χ0n) is 9.22. The van der Waals surface area contributed by atoms with Crippen LogP contribution in [-0.2, 0) is 6.54 Å². The van der Waals surface area contributed by atoms with E-state index in [9.17, 15) is 9.90 Å². The highest BCUT2D eigenvalue weighted by Gasteiger charge is 2.16. The summed E-state index contributed by atoms with van der Waals surface area (Å²) < 4.78 is 1.30. The molecule has 0 bridgehead atoms. The highest BCUT2D eigenvalue weighted by atomic mass is 35.5. The molecule has 2 aromatic rings. The van der Waals surface area contributed by atoms with Crippen LogP contribution in [0.3, 0.4) is 0 Å². The monoisotopic (exact) mass is 262 g/mol. The van der Waals surface area contributed by atoms with E-state index in [4.69, 9.17) is 16.9 Å². The van der Waals surface area contributed by atoms with E-state index in [0.717, 1.165) is 6.07 Å². The number of nitrogens with zero attached hydrogens (tertiary/aromatic N) is 2. The van der Waals surface area contributed by atoms with Gasteiger partial charge in [-0.2, -0.15) is 14.8 Å². The van der Waals surface area contributed by atoms with E-state index < -0.39 is 5.56 Å². The third-order valence-electron chi connectivity index (χ3n) is 2.47. The molecule has 0 amide bonds. The Labute approximate surface area is 108 Å². The van der Waals surface area contributed by atoms with Crippen molar-refractivity contribution < 1.29 is 9.67 Å². The Morgan fingerprint density at radius 2 is 2.17 bits per heavy atom. The molecule has 2 N–H and O–H groups in total. The van der Waals surface area contributed by atoms with Crippen molar-refractivity contribution in [2.24, 2.45) is 0 Å². The van der Waals surface area contributed by atoms with Gasteiger partial charge in [0.15, 0.2) is 0 Å². The van der Waals surface area contributed by atoms with Crippen molar-refractivity contribution >= 4 is 11.6 Å². The number of hydrogen-bond acceptors (Lipinski definition) is 3. The number of halogens is 1. The molecule has 0 aliphatic rings. The predicted octanol–water partition coefficient (Wildman–Crippen LogP) is 0.941. The third-order valence-corrected chi connectivity index (χ3v) is 2.78. The summed E-state index contributed by atoms with van der Waals surface area (Å²) in [5.41, 5.74) is 0.711. The lowest BCUT2D eigenvalue weighted by atomic mass is 10.1. The molecule has 6 heteroatoms. The van der Waals surface area contributed by atoms with Crippen LogP contribution < -0.4 is 10.1 Å². The second-order valence-corrected chi connectivity index (χ2v) is 4.02. The van der Waals surface area contributed by atoms with Crippen molar-refractivity contribution in [3.63, 3.8) is 0 Å². The number of benzene rings is 1. The fraction of sp³-hybridized carbons (Fsp3) is 0.0833. The molecule has 5 nitrogen and oxygen atoms in total. The van der Waals surface area contributed by atoms with Crippen molar-refractivity contribution in [2.45, 2.75) is 6.54 Å². The van der Waals surface area contributed by atoms with Crippen molar-refractivity contribution in [1.82, 2.24) is 4.98 Å². The molecule has 1 heterocycles. The van der Waals surface area contributed by atoms with Gasteiger partial charge in [0.05, 0.1) is 17.7 Å². The van der Waals surface area contributed by atoms with Gasteiger partial charge in [-0.25, -0.2) is 4.79 Å². The van der Waals surface area contributed by atoms with Gasteiger partial charge in [-0.05, 0) is 17.7 Å². The average molecular weight is 263 g/mol. The highest BCUT2D eigenvalue weighted by Crippen LogP contribution is 2.10. The first-order valence-electron chi connectivity index (χ1n) is 5.11. The molecule has 2 rings (SSSR count). The van der Waals surface area contributed by atoms with Crippen molar-refractivity contribution in [3.05, 3.63) is 57.0 Å². The van der Waals surface area contributed by atoms with E-state index in [1.165, 1.54) is 4.57 Å². The summed E-state index contributed by atoms with van der Waals surface area (Å²) in [4.78, 5) is 13.3. The molecule has 0 spiro atoms. The molecule has 0 aliphatic heterocycles. The quantitative estimate of drug-likeness (QED) is 0.624. The molecule has 0 atom stereocenters. The number of aromatic nitrogens is 2. The summed E-state index contributed by atoms with van der Waals surface area (Å²) >= 11 is 5.88. The molecule has 18 heavy (non-hydrogen) atoms. The average Bonchev–Trinajstić information content (AvgIpc) is 2.34. The zero-order chi connectivity index (χ0) is 13.1. The summed E-state index contributed by atoms with van der Waals surface area (Å²) in [7, 11) is 0. The maximum Gasteiger partial charge on any atom is 0.455 e. The number of aromatic amines is 1. The lowest BCUT2D eigenvalue weighted by Gasteiger charge is -2.04. The van der Waals surface area contributed by atoms with E-state index in [0.29, 0.717) is 11.1 Å². The summed E-state index contributed by atoms with van der Waals surface area (Å²) in [5, 5.41) is 18.7. The van der Waals surface area contributed by atoms with Crippen LogP contribution in [0.5, 0.6) is 6.01 Å². The molecule has 0 saturated carbocycles. The molecule has 1 aromatic carbocycles. The molecule has 0 radical (unpaired) electrons. The second kappa shape index (κ2) is 4.90. The minimum atomic E-state index is -0.484. The Bertz CT molecular complexity index is 662. The van der Waals surface area contributed by atoms with Crippen LogP contribution in [-0.4, -0.2) is 10.1 Å². The van der Waals surface area contributed by atoms with Crippen molar-refractivity contribution in [2.75, 3.05) is 0 Å². The fourth-order valence-corrected chi connectivity index (χ4v) is 1.83. The first-order chi connectivity index (χ1) is 8.61. The van der Waals surface area contributed by atoms with Crippen LogP contribution in [0.4, 0.5) is 0 Å². The van der Waals surface area contributed by atoms with Crippen molar-refractivity contribution in [1.29, 1.82) is 5.26 Å². The first-order valence-corrected chi connectivity index (χ1v) is 5.49. The summed E-state index contributed by atoms with van der Waals surface area (Å²) in [5.74, 6) is 0. The Hall–Kier alpha value is -2.32. The number of nitriles is 1. The molecule has 0 fully saturated rings. The van der Waals surface area contributed by atoms with E-state index in [-0.39, 0.29) is 17.7 Å². The molecule has 90 valence electrons. The molecular formula is C12H9ClN3O2+. The Morgan fingerprint density at radius 3 is 2.83 bits per heavy atom. The highest BCUT2D eigenvalue weighted by molar-refractivity contribution is 6.28. The smallest absolute Gasteiger partial charge is 0.446 e. The number of hydrogen-bond donors (Lipinski definition) is 2. The molecule has 0 unspecified atom stereocenters. The first kappa shape index (κ1) is 12.1. The van der Waals surface area contributed by atoms with Crippen LogP contribution in [0.2, 0.25) is 5.15 Å². The number of H-pyrrole nitrogens is 1. The lowest BCUT2D eigenvalue weighted by Crippen LogP contribution is -2.39. The fourth-order valence-electron chi connectivity index (χ4n) is 1.59. The van der Waals surface area contributed by atoms with Crippen LogP contribution in [0.15, 0.2) is 35.1 Å². The van der Waals surface area contributed by atoms with Crippen LogP contribution in [0, 0.1) is 11.3 Å². The summed E-state index contributed by atoms with van der Waals surface area (Å²) in [6.07, 6.45) is 0. The maximum absolute atomic E-state index is 11.1. The normalized spacial score (nSPS) is 10.0. The van der Waals surface area contributed by atoms with E-state index in [1.807, 2.05) is 0 Å². The number of aromatic hydroxyl groups is 1. The standard InChI is InChI=1S/C12H8ClN3O2/c13-10-5-11(17)15-12(18)16(10)7-9-4-2-1-3-8(9)6-14/h1-5H,7H2,(H,15,17,18)/p+1. The molecular weight excluding hydrogens is 254 g/mol. The van der Waals surface area contributed by atoms with Gasteiger partial charge in [-0.15, -0.1) is 0 Å².